The zero-order chi connectivity index (χ0) is 8.69. The zero-order valence-corrected chi connectivity index (χ0v) is 7.39. The molecule has 0 N–H and O–H groups in total. The van der Waals surface area contributed by atoms with E-state index in [1.54, 1.807) is 19.9 Å². The van der Waals surface area contributed by atoms with Gasteiger partial charge in [0.05, 0.1) is 0 Å². The molecule has 0 unspecified atom stereocenters. The van der Waals surface area contributed by atoms with E-state index in [0.29, 0.717) is 5.57 Å². The summed E-state index contributed by atoms with van der Waals surface area (Å²) in [5, 5.41) is 0. The van der Waals surface area contributed by atoms with Gasteiger partial charge in [-0.1, -0.05) is 25.2 Å². The van der Waals surface area contributed by atoms with Gasteiger partial charge in [0.25, 0.3) is 0 Å². The Kier molecular flexibility index (Phi) is 5.44. The van der Waals surface area contributed by atoms with Crippen molar-refractivity contribution in [2.24, 2.45) is 0 Å². The molecular formula is C10H15F. The zero-order valence-electron chi connectivity index (χ0n) is 7.39. The second kappa shape index (κ2) is 5.90. The lowest BCUT2D eigenvalue weighted by molar-refractivity contribution is 0.654. The topological polar surface area (TPSA) is 0 Å². The van der Waals surface area contributed by atoms with Crippen LogP contribution in [0.25, 0.3) is 0 Å². The standard InChI is InChI=1S/C10H15F/c1-4-5-6-7-8-10(11)9(2)3/h5-8H,4H2,1-3H3/b6-5+,8-7-. The summed E-state index contributed by atoms with van der Waals surface area (Å²) in [6.07, 6.45) is 8.01. The first-order valence-corrected chi connectivity index (χ1v) is 3.84. The second-order valence-electron chi connectivity index (χ2n) is 2.54. The van der Waals surface area contributed by atoms with Crippen LogP contribution < -0.4 is 0 Å². The van der Waals surface area contributed by atoms with E-state index in [4.69, 9.17) is 0 Å². The van der Waals surface area contributed by atoms with Gasteiger partial charge in [-0.3, -0.25) is 0 Å². The van der Waals surface area contributed by atoms with Gasteiger partial charge in [0.15, 0.2) is 0 Å². The van der Waals surface area contributed by atoms with Crippen molar-refractivity contribution in [2.45, 2.75) is 27.2 Å². The maximum atomic E-state index is 12.7. The van der Waals surface area contributed by atoms with Gasteiger partial charge in [-0.2, -0.15) is 0 Å². The fraction of sp³-hybridized carbons (Fsp3) is 0.400. The Morgan fingerprint density at radius 3 is 2.36 bits per heavy atom. The van der Waals surface area contributed by atoms with E-state index in [1.165, 1.54) is 6.08 Å². The molecular weight excluding hydrogens is 139 g/mol. The molecule has 0 heterocycles. The van der Waals surface area contributed by atoms with Crippen LogP contribution in [0.4, 0.5) is 4.39 Å². The average Bonchev–Trinajstić information content (AvgIpc) is 1.97. The molecule has 0 aliphatic heterocycles. The van der Waals surface area contributed by atoms with Crippen molar-refractivity contribution in [3.8, 4) is 0 Å². The number of hydrogen-bond donors (Lipinski definition) is 0. The predicted molar refractivity (Wildman–Crippen MR) is 48.1 cm³/mol. The van der Waals surface area contributed by atoms with Crippen molar-refractivity contribution < 1.29 is 4.39 Å². The van der Waals surface area contributed by atoms with Gasteiger partial charge in [-0.05, 0) is 31.9 Å². The van der Waals surface area contributed by atoms with Gasteiger partial charge in [-0.25, -0.2) is 4.39 Å². The molecule has 0 aromatic rings. The second-order valence-corrected chi connectivity index (χ2v) is 2.54. The van der Waals surface area contributed by atoms with Crippen LogP contribution in [-0.4, -0.2) is 0 Å². The molecule has 0 saturated heterocycles. The SMILES string of the molecule is CC/C=C/C=C\C(F)=C(C)C. The van der Waals surface area contributed by atoms with Gasteiger partial charge in [0.2, 0.25) is 0 Å². The summed E-state index contributed by atoms with van der Waals surface area (Å²) in [6, 6.07) is 0. The van der Waals surface area contributed by atoms with E-state index >= 15 is 0 Å². The number of halogens is 1. The van der Waals surface area contributed by atoms with Crippen LogP contribution in [0.3, 0.4) is 0 Å². The minimum Gasteiger partial charge on any atom is -0.207 e. The first-order valence-electron chi connectivity index (χ1n) is 3.84. The molecule has 0 radical (unpaired) electrons. The van der Waals surface area contributed by atoms with Crippen LogP contribution in [0.1, 0.15) is 27.2 Å². The molecule has 0 spiro atoms. The molecule has 0 amide bonds. The Morgan fingerprint density at radius 1 is 1.27 bits per heavy atom. The predicted octanol–water partition coefficient (Wildman–Crippen LogP) is 3.77. The molecule has 0 nitrogen and oxygen atoms in total. The summed E-state index contributed by atoms with van der Waals surface area (Å²) in [5.74, 6) is -0.147. The van der Waals surface area contributed by atoms with E-state index in [9.17, 15) is 4.39 Å². The quantitative estimate of drug-likeness (QED) is 0.543. The summed E-state index contributed by atoms with van der Waals surface area (Å²) >= 11 is 0. The van der Waals surface area contributed by atoms with E-state index in [2.05, 4.69) is 0 Å². The molecule has 1 heteroatoms. The normalized spacial score (nSPS) is 11.3. The van der Waals surface area contributed by atoms with Crippen molar-refractivity contribution >= 4 is 0 Å². The third kappa shape index (κ3) is 5.59. The fourth-order valence-corrected chi connectivity index (χ4v) is 0.521. The van der Waals surface area contributed by atoms with Crippen LogP contribution in [0.15, 0.2) is 35.7 Å². The maximum Gasteiger partial charge on any atom is 0.121 e. The molecule has 0 aromatic heterocycles. The third-order valence-corrected chi connectivity index (χ3v) is 1.20. The van der Waals surface area contributed by atoms with E-state index in [1.807, 2.05) is 19.1 Å². The van der Waals surface area contributed by atoms with Crippen LogP contribution in [-0.2, 0) is 0 Å². The minimum atomic E-state index is -0.147. The molecule has 0 rings (SSSR count). The molecule has 0 atom stereocenters. The third-order valence-electron chi connectivity index (χ3n) is 1.20. The van der Waals surface area contributed by atoms with Gasteiger partial charge >= 0.3 is 0 Å². The first kappa shape index (κ1) is 10.2. The van der Waals surface area contributed by atoms with Crippen molar-refractivity contribution in [3.63, 3.8) is 0 Å². The van der Waals surface area contributed by atoms with Crippen LogP contribution in [0.2, 0.25) is 0 Å². The molecule has 0 fully saturated rings. The van der Waals surface area contributed by atoms with Gasteiger partial charge in [0, 0.05) is 0 Å². The molecule has 0 aliphatic rings. The van der Waals surface area contributed by atoms with Crippen LogP contribution in [0, 0.1) is 0 Å². The summed E-state index contributed by atoms with van der Waals surface area (Å²) in [4.78, 5) is 0. The number of allylic oxidation sites excluding steroid dienone is 6. The minimum absolute atomic E-state index is 0.147. The lowest BCUT2D eigenvalue weighted by Crippen LogP contribution is -1.69. The molecule has 0 saturated carbocycles. The van der Waals surface area contributed by atoms with Crippen molar-refractivity contribution in [1.29, 1.82) is 0 Å². The molecule has 0 bridgehead atoms. The monoisotopic (exact) mass is 154 g/mol. The smallest absolute Gasteiger partial charge is 0.121 e. The summed E-state index contributed by atoms with van der Waals surface area (Å²) < 4.78 is 12.7. The van der Waals surface area contributed by atoms with Gasteiger partial charge in [-0.15, -0.1) is 0 Å². The fourth-order valence-electron chi connectivity index (χ4n) is 0.521. The highest BCUT2D eigenvalue weighted by atomic mass is 19.1. The van der Waals surface area contributed by atoms with E-state index in [-0.39, 0.29) is 5.83 Å². The Hall–Kier alpha value is -0.850. The Morgan fingerprint density at radius 2 is 1.91 bits per heavy atom. The Balaban J connectivity index is 3.94. The Labute approximate surface area is 68.1 Å². The molecule has 0 aromatic carbocycles. The summed E-state index contributed by atoms with van der Waals surface area (Å²) in [7, 11) is 0. The molecule has 0 aliphatic carbocycles. The summed E-state index contributed by atoms with van der Waals surface area (Å²) in [5.41, 5.74) is 0.714. The number of hydrogen-bond acceptors (Lipinski definition) is 0. The maximum absolute atomic E-state index is 12.7. The largest absolute Gasteiger partial charge is 0.207 e. The lowest BCUT2D eigenvalue weighted by Gasteiger charge is -1.87. The van der Waals surface area contributed by atoms with E-state index < -0.39 is 0 Å². The number of rotatable bonds is 3. The first-order chi connectivity index (χ1) is 5.18. The highest BCUT2D eigenvalue weighted by Crippen LogP contribution is 2.05. The van der Waals surface area contributed by atoms with Gasteiger partial charge in [0.1, 0.15) is 5.83 Å². The van der Waals surface area contributed by atoms with Gasteiger partial charge < -0.3 is 0 Å². The van der Waals surface area contributed by atoms with Crippen molar-refractivity contribution in [1.82, 2.24) is 0 Å². The Bertz CT molecular complexity index is 181. The lowest BCUT2D eigenvalue weighted by atomic mass is 10.3. The van der Waals surface area contributed by atoms with Crippen LogP contribution >= 0.6 is 0 Å². The van der Waals surface area contributed by atoms with Crippen molar-refractivity contribution in [3.05, 3.63) is 35.7 Å². The molecule has 11 heavy (non-hydrogen) atoms. The van der Waals surface area contributed by atoms with Crippen LogP contribution in [0.5, 0.6) is 0 Å². The highest BCUT2D eigenvalue weighted by Gasteiger charge is 1.87. The highest BCUT2D eigenvalue weighted by molar-refractivity contribution is 5.19. The molecule has 62 valence electrons. The average molecular weight is 154 g/mol. The van der Waals surface area contributed by atoms with E-state index in [0.717, 1.165) is 6.42 Å². The summed E-state index contributed by atoms with van der Waals surface area (Å²) in [6.45, 7) is 5.55. The van der Waals surface area contributed by atoms with Crippen molar-refractivity contribution in [2.75, 3.05) is 0 Å².